The lowest BCUT2D eigenvalue weighted by atomic mass is 9.87. The van der Waals surface area contributed by atoms with Crippen molar-refractivity contribution in [2.75, 3.05) is 25.7 Å². The third-order valence-electron chi connectivity index (χ3n) is 6.02. The lowest BCUT2D eigenvalue weighted by Gasteiger charge is -2.25. The Hall–Kier alpha value is -3.25. The van der Waals surface area contributed by atoms with E-state index in [1.807, 2.05) is 12.1 Å². The molecule has 0 radical (unpaired) electrons. The van der Waals surface area contributed by atoms with Crippen molar-refractivity contribution in [3.05, 3.63) is 35.1 Å². The summed E-state index contributed by atoms with van der Waals surface area (Å²) in [6.07, 6.45) is 5.99. The molecule has 1 atom stereocenters. The van der Waals surface area contributed by atoms with E-state index in [9.17, 15) is 13.2 Å². The quantitative estimate of drug-likeness (QED) is 0.440. The second-order valence-corrected chi connectivity index (χ2v) is 11.1. The summed E-state index contributed by atoms with van der Waals surface area (Å²) >= 11 is 1.52. The number of amides is 1. The summed E-state index contributed by atoms with van der Waals surface area (Å²) < 4.78 is 30.0. The Morgan fingerprint density at radius 1 is 1.33 bits per heavy atom. The van der Waals surface area contributed by atoms with Gasteiger partial charge in [-0.3, -0.25) is 9.89 Å². The largest absolute Gasteiger partial charge is 0.494 e. The average molecular weight is 487 g/mol. The lowest BCUT2D eigenvalue weighted by Crippen LogP contribution is -2.38. The van der Waals surface area contributed by atoms with Gasteiger partial charge in [-0.2, -0.15) is 5.10 Å². The monoisotopic (exact) mass is 486 g/mol. The second kappa shape index (κ2) is 7.96. The predicted octanol–water partition coefficient (Wildman–Crippen LogP) is 2.84. The number of rotatable bonds is 5. The first-order chi connectivity index (χ1) is 15.8. The number of carbonyl (C=O) groups is 1. The summed E-state index contributed by atoms with van der Waals surface area (Å²) in [6.45, 7) is 0. The molecule has 172 valence electrons. The molecule has 33 heavy (non-hydrogen) atoms. The predicted molar refractivity (Wildman–Crippen MR) is 126 cm³/mol. The minimum atomic E-state index is -3.58. The number of sulfonamides is 1. The number of carbonyl (C=O) groups excluding carboxylic acids is 1. The van der Waals surface area contributed by atoms with Crippen LogP contribution in [0.2, 0.25) is 0 Å². The maximum atomic E-state index is 12.7. The second-order valence-electron chi connectivity index (χ2n) is 8.05. The first-order valence-corrected chi connectivity index (χ1v) is 12.9. The van der Waals surface area contributed by atoms with Gasteiger partial charge in [0.2, 0.25) is 15.9 Å². The van der Waals surface area contributed by atoms with Crippen LogP contribution < -0.4 is 10.1 Å². The molecule has 10 nitrogen and oxygen atoms in total. The Labute approximate surface area is 194 Å². The number of benzene rings is 1. The molecule has 0 spiro atoms. The normalized spacial score (nSPS) is 16.0. The van der Waals surface area contributed by atoms with Crippen LogP contribution in [0, 0.1) is 5.92 Å². The molecule has 12 heteroatoms. The number of aromatic amines is 1. The van der Waals surface area contributed by atoms with Crippen LogP contribution in [0.1, 0.15) is 16.9 Å². The summed E-state index contributed by atoms with van der Waals surface area (Å²) in [5.41, 5.74) is 2.73. The highest BCUT2D eigenvalue weighted by molar-refractivity contribution is 7.88. The van der Waals surface area contributed by atoms with Gasteiger partial charge in [-0.05, 0) is 30.9 Å². The van der Waals surface area contributed by atoms with Crippen molar-refractivity contribution in [1.82, 2.24) is 24.5 Å². The number of methoxy groups -OCH3 is 1. The average Bonchev–Trinajstić information content (AvgIpc) is 3.40. The number of hydrogen-bond donors (Lipinski definition) is 2. The first-order valence-electron chi connectivity index (χ1n) is 10.3. The molecular formula is C21H22N6O4S2. The van der Waals surface area contributed by atoms with Gasteiger partial charge in [0, 0.05) is 29.3 Å². The van der Waals surface area contributed by atoms with Crippen LogP contribution >= 0.6 is 11.3 Å². The van der Waals surface area contributed by atoms with E-state index in [2.05, 4.69) is 25.5 Å². The van der Waals surface area contributed by atoms with Crippen LogP contribution in [0.25, 0.3) is 21.1 Å². The van der Waals surface area contributed by atoms with Gasteiger partial charge in [0.05, 0.1) is 36.2 Å². The summed E-state index contributed by atoms with van der Waals surface area (Å²) in [7, 11) is -0.655. The third-order valence-corrected chi connectivity index (χ3v) is 8.35. The van der Waals surface area contributed by atoms with Gasteiger partial charge in [0.15, 0.2) is 0 Å². The van der Waals surface area contributed by atoms with Crippen molar-refractivity contribution in [3.63, 3.8) is 0 Å². The molecule has 4 aromatic rings. The Morgan fingerprint density at radius 2 is 2.15 bits per heavy atom. The number of H-pyrrole nitrogens is 1. The van der Waals surface area contributed by atoms with Crippen molar-refractivity contribution < 1.29 is 17.9 Å². The maximum absolute atomic E-state index is 12.7. The Balaban J connectivity index is 1.50. The van der Waals surface area contributed by atoms with Gasteiger partial charge in [-0.15, -0.1) is 11.3 Å². The molecule has 0 bridgehead atoms. The number of anilines is 2. The fraction of sp³-hybridized carbons (Fsp3) is 0.333. The molecule has 2 N–H and O–H groups in total. The topological polar surface area (TPSA) is 130 Å². The molecule has 0 saturated heterocycles. The van der Waals surface area contributed by atoms with Crippen LogP contribution in [0.5, 0.6) is 5.75 Å². The summed E-state index contributed by atoms with van der Waals surface area (Å²) in [5.74, 6) is 0.565. The van der Waals surface area contributed by atoms with Crippen LogP contribution in [0.15, 0.2) is 24.7 Å². The number of nitrogens with one attached hydrogen (secondary N) is 2. The maximum Gasteiger partial charge on any atom is 0.239 e. The van der Waals surface area contributed by atoms with E-state index in [4.69, 9.17) is 4.74 Å². The fourth-order valence-corrected chi connectivity index (χ4v) is 5.94. The number of aromatic nitrogens is 4. The molecule has 0 saturated carbocycles. The Morgan fingerprint density at radius 3 is 2.91 bits per heavy atom. The highest BCUT2D eigenvalue weighted by Gasteiger charge is 2.33. The zero-order chi connectivity index (χ0) is 23.3. The number of ether oxygens (including phenoxy) is 1. The van der Waals surface area contributed by atoms with E-state index < -0.39 is 10.0 Å². The van der Waals surface area contributed by atoms with E-state index in [1.165, 1.54) is 24.7 Å². The molecule has 5 rings (SSSR count). The molecule has 1 aliphatic rings. The fourth-order valence-electron chi connectivity index (χ4n) is 4.20. The number of thiophene rings is 1. The summed E-state index contributed by atoms with van der Waals surface area (Å²) in [5, 5.41) is 12.3. The van der Waals surface area contributed by atoms with Crippen molar-refractivity contribution in [2.45, 2.75) is 19.3 Å². The van der Waals surface area contributed by atoms with E-state index >= 15 is 0 Å². The molecule has 0 unspecified atom stereocenters. The molecule has 1 amide bonds. The number of hydrogen-bond acceptors (Lipinski definition) is 9. The minimum absolute atomic E-state index is 0.372. The highest BCUT2D eigenvalue weighted by Crippen LogP contribution is 2.42. The van der Waals surface area contributed by atoms with Gasteiger partial charge in [0.25, 0.3) is 0 Å². The third kappa shape index (κ3) is 3.78. The van der Waals surface area contributed by atoms with Crippen LogP contribution in [-0.2, 0) is 27.7 Å². The lowest BCUT2D eigenvalue weighted by molar-refractivity contribution is -0.130. The smallest absolute Gasteiger partial charge is 0.239 e. The van der Waals surface area contributed by atoms with Crippen molar-refractivity contribution in [1.29, 1.82) is 0 Å². The molecule has 3 aromatic heterocycles. The Bertz CT molecular complexity index is 1490. The van der Waals surface area contributed by atoms with E-state index in [0.717, 1.165) is 47.8 Å². The minimum Gasteiger partial charge on any atom is -0.494 e. The number of nitrogens with zero attached hydrogens (tertiary/aromatic N) is 4. The van der Waals surface area contributed by atoms with Crippen LogP contribution in [-0.4, -0.2) is 59.2 Å². The van der Waals surface area contributed by atoms with Crippen molar-refractivity contribution in [2.24, 2.45) is 5.92 Å². The van der Waals surface area contributed by atoms with E-state index in [-0.39, 0.29) is 11.8 Å². The standard InChI is InChI=1S/C21H22N6O4S2/c1-27(33(3,29)30)21(28)11-4-5-13-17(7-11)32-20-18(13)19(22-10-23-20)25-15-6-12-9-24-26-14(12)8-16(15)31-2/h6,8-11H,4-5,7H2,1-3H3,(H,24,26)(H,22,23,25)/t11-/m0/s1. The summed E-state index contributed by atoms with van der Waals surface area (Å²) in [6, 6.07) is 3.82. The van der Waals surface area contributed by atoms with Gasteiger partial charge in [0.1, 0.15) is 22.7 Å². The van der Waals surface area contributed by atoms with Gasteiger partial charge in [-0.1, -0.05) is 0 Å². The number of fused-ring (bicyclic) bond motifs is 4. The highest BCUT2D eigenvalue weighted by atomic mass is 32.2. The Kier molecular flexibility index (Phi) is 5.20. The zero-order valence-corrected chi connectivity index (χ0v) is 19.9. The number of aryl methyl sites for hydroxylation is 1. The SMILES string of the molecule is COc1cc2[nH]ncc2cc1Nc1ncnc2sc3c(c12)CC[C@H](C(=O)N(C)S(C)(=O)=O)C3. The van der Waals surface area contributed by atoms with Gasteiger partial charge >= 0.3 is 0 Å². The summed E-state index contributed by atoms with van der Waals surface area (Å²) in [4.78, 5) is 23.5. The van der Waals surface area contributed by atoms with Crippen molar-refractivity contribution in [3.8, 4) is 5.75 Å². The molecule has 0 aliphatic heterocycles. The van der Waals surface area contributed by atoms with E-state index in [0.29, 0.717) is 30.8 Å². The van der Waals surface area contributed by atoms with Gasteiger partial charge in [-0.25, -0.2) is 22.7 Å². The zero-order valence-electron chi connectivity index (χ0n) is 18.2. The molecular weight excluding hydrogens is 464 g/mol. The molecule has 1 aromatic carbocycles. The molecule has 0 fully saturated rings. The van der Waals surface area contributed by atoms with Crippen LogP contribution in [0.3, 0.4) is 0 Å². The van der Waals surface area contributed by atoms with Crippen molar-refractivity contribution >= 4 is 59.9 Å². The van der Waals surface area contributed by atoms with E-state index in [1.54, 1.807) is 13.3 Å². The van der Waals surface area contributed by atoms with Gasteiger partial charge < -0.3 is 10.1 Å². The first kappa shape index (κ1) is 21.6. The molecule has 1 aliphatic carbocycles. The molecule has 3 heterocycles. The van der Waals surface area contributed by atoms with Crippen LogP contribution in [0.4, 0.5) is 11.5 Å².